The molecule has 0 saturated carbocycles. The maximum Gasteiger partial charge on any atom is 0.243 e. The van der Waals surface area contributed by atoms with E-state index in [9.17, 15) is 8.42 Å². The molecule has 0 atom stereocenters. The molecular weight excluding hydrogens is 206 g/mol. The highest BCUT2D eigenvalue weighted by molar-refractivity contribution is 7.89. The molecule has 0 aliphatic carbocycles. The number of aryl methyl sites for hydroxylation is 1. The first-order chi connectivity index (χ1) is 5.98. The third-order valence-electron chi connectivity index (χ3n) is 1.86. The zero-order chi connectivity index (χ0) is 10.1. The monoisotopic (exact) mass is 219 g/mol. The number of rotatable bonds is 3. The van der Waals surface area contributed by atoms with Gasteiger partial charge in [-0.1, -0.05) is 6.92 Å². The molecule has 0 aromatic carbocycles. The van der Waals surface area contributed by atoms with Gasteiger partial charge in [-0.3, -0.25) is 0 Å². The van der Waals surface area contributed by atoms with Crippen LogP contribution >= 0.6 is 11.3 Å². The summed E-state index contributed by atoms with van der Waals surface area (Å²) in [5.74, 6) is 0. The summed E-state index contributed by atoms with van der Waals surface area (Å²) in [5.41, 5.74) is 0. The van der Waals surface area contributed by atoms with Crippen LogP contribution in [0.15, 0.2) is 16.3 Å². The minimum atomic E-state index is -3.22. The second-order valence-corrected chi connectivity index (χ2v) is 5.97. The van der Waals surface area contributed by atoms with Gasteiger partial charge in [-0.05, 0) is 13.0 Å². The Morgan fingerprint density at radius 2 is 2.15 bits per heavy atom. The van der Waals surface area contributed by atoms with Gasteiger partial charge in [0, 0.05) is 23.8 Å². The molecule has 1 heterocycles. The Balaban J connectivity index is 3.08. The molecule has 0 radical (unpaired) electrons. The molecule has 1 aromatic rings. The van der Waals surface area contributed by atoms with Crippen LogP contribution in [0.3, 0.4) is 0 Å². The molecule has 3 nitrogen and oxygen atoms in total. The van der Waals surface area contributed by atoms with Gasteiger partial charge in [0.25, 0.3) is 0 Å². The molecular formula is C8H13NO2S2. The minimum absolute atomic E-state index is 0.402. The van der Waals surface area contributed by atoms with Crippen molar-refractivity contribution >= 4 is 21.4 Å². The zero-order valence-corrected chi connectivity index (χ0v) is 9.58. The van der Waals surface area contributed by atoms with E-state index in [1.807, 2.05) is 13.8 Å². The molecule has 1 rings (SSSR count). The van der Waals surface area contributed by atoms with Crippen LogP contribution in [0.4, 0.5) is 0 Å². The predicted molar refractivity (Wildman–Crippen MR) is 54.5 cm³/mol. The summed E-state index contributed by atoms with van der Waals surface area (Å²) in [5, 5.41) is 1.68. The normalized spacial score (nSPS) is 12.3. The first-order valence-electron chi connectivity index (χ1n) is 4.00. The van der Waals surface area contributed by atoms with Gasteiger partial charge in [0.15, 0.2) is 0 Å². The molecule has 5 heteroatoms. The third kappa shape index (κ3) is 2.10. The molecule has 0 spiro atoms. The summed E-state index contributed by atoms with van der Waals surface area (Å²) in [6.07, 6.45) is 0. The van der Waals surface area contributed by atoms with Gasteiger partial charge in [-0.25, -0.2) is 12.7 Å². The molecule has 0 unspecified atom stereocenters. The fraction of sp³-hybridized carbons (Fsp3) is 0.500. The van der Waals surface area contributed by atoms with Crippen LogP contribution in [-0.4, -0.2) is 26.3 Å². The Bertz CT molecular complexity index is 381. The van der Waals surface area contributed by atoms with E-state index >= 15 is 0 Å². The van der Waals surface area contributed by atoms with Crippen molar-refractivity contribution in [2.24, 2.45) is 0 Å². The van der Waals surface area contributed by atoms with Crippen molar-refractivity contribution in [3.05, 3.63) is 16.3 Å². The Labute approximate surface area is 83.1 Å². The number of hydrogen-bond donors (Lipinski definition) is 0. The van der Waals surface area contributed by atoms with Crippen molar-refractivity contribution in [2.75, 3.05) is 13.6 Å². The lowest BCUT2D eigenvalue weighted by molar-refractivity contribution is 0.486. The van der Waals surface area contributed by atoms with Crippen LogP contribution < -0.4 is 0 Å². The second kappa shape index (κ2) is 3.77. The largest absolute Gasteiger partial charge is 0.243 e. The summed E-state index contributed by atoms with van der Waals surface area (Å²) in [6, 6.07) is 1.70. The van der Waals surface area contributed by atoms with Crippen molar-refractivity contribution in [1.29, 1.82) is 0 Å². The van der Waals surface area contributed by atoms with Crippen LogP contribution in [0, 0.1) is 6.92 Å². The zero-order valence-electron chi connectivity index (χ0n) is 7.94. The van der Waals surface area contributed by atoms with E-state index in [0.29, 0.717) is 11.4 Å². The van der Waals surface area contributed by atoms with E-state index in [-0.39, 0.29) is 0 Å². The number of sulfonamides is 1. The summed E-state index contributed by atoms with van der Waals surface area (Å²) in [7, 11) is -1.64. The maximum atomic E-state index is 11.7. The smallest absolute Gasteiger partial charge is 0.207 e. The molecule has 0 bridgehead atoms. The highest BCUT2D eigenvalue weighted by Gasteiger charge is 2.19. The minimum Gasteiger partial charge on any atom is -0.207 e. The topological polar surface area (TPSA) is 37.4 Å². The summed E-state index contributed by atoms with van der Waals surface area (Å²) in [6.45, 7) is 4.21. The van der Waals surface area contributed by atoms with Gasteiger partial charge >= 0.3 is 0 Å². The summed E-state index contributed by atoms with van der Waals surface area (Å²) in [4.78, 5) is 1.42. The highest BCUT2D eigenvalue weighted by atomic mass is 32.2. The molecule has 0 saturated heterocycles. The quantitative estimate of drug-likeness (QED) is 0.776. The van der Waals surface area contributed by atoms with E-state index in [2.05, 4.69) is 0 Å². The first-order valence-corrected chi connectivity index (χ1v) is 6.32. The van der Waals surface area contributed by atoms with E-state index in [1.165, 1.54) is 15.6 Å². The van der Waals surface area contributed by atoms with Gasteiger partial charge in [-0.15, -0.1) is 11.3 Å². The lowest BCUT2D eigenvalue weighted by atomic mass is 10.5. The molecule has 0 N–H and O–H groups in total. The van der Waals surface area contributed by atoms with E-state index in [4.69, 9.17) is 0 Å². The molecule has 74 valence electrons. The van der Waals surface area contributed by atoms with Crippen LogP contribution in [-0.2, 0) is 10.0 Å². The van der Waals surface area contributed by atoms with Gasteiger partial charge < -0.3 is 0 Å². The highest BCUT2D eigenvalue weighted by Crippen LogP contribution is 2.20. The van der Waals surface area contributed by atoms with Crippen molar-refractivity contribution < 1.29 is 8.42 Å². The fourth-order valence-electron chi connectivity index (χ4n) is 0.905. The average Bonchev–Trinajstić information content (AvgIpc) is 2.50. The molecule has 0 aliphatic heterocycles. The van der Waals surface area contributed by atoms with Gasteiger partial charge in [0.2, 0.25) is 10.0 Å². The van der Waals surface area contributed by atoms with Gasteiger partial charge in [0.1, 0.15) is 0 Å². The van der Waals surface area contributed by atoms with Gasteiger partial charge in [-0.2, -0.15) is 0 Å². The first kappa shape index (κ1) is 10.7. The molecule has 0 fully saturated rings. The SMILES string of the molecule is CCN(C)S(=O)(=O)c1csc(C)c1. The predicted octanol–water partition coefficient (Wildman–Crippen LogP) is 1.70. The Morgan fingerprint density at radius 3 is 2.54 bits per heavy atom. The summed E-state index contributed by atoms with van der Waals surface area (Å²) >= 11 is 1.45. The van der Waals surface area contributed by atoms with Crippen molar-refractivity contribution in [1.82, 2.24) is 4.31 Å². The summed E-state index contributed by atoms with van der Waals surface area (Å²) < 4.78 is 24.8. The number of hydrogen-bond acceptors (Lipinski definition) is 3. The molecule has 0 aliphatic rings. The number of nitrogens with zero attached hydrogens (tertiary/aromatic N) is 1. The Kier molecular flexibility index (Phi) is 3.10. The van der Waals surface area contributed by atoms with E-state index in [1.54, 1.807) is 18.5 Å². The van der Waals surface area contributed by atoms with Crippen molar-refractivity contribution in [3.8, 4) is 0 Å². The standard InChI is InChI=1S/C8H13NO2S2/c1-4-9(3)13(10,11)8-5-7(2)12-6-8/h5-6H,4H2,1-3H3. The van der Waals surface area contributed by atoms with E-state index < -0.39 is 10.0 Å². The lowest BCUT2D eigenvalue weighted by Gasteiger charge is -2.12. The van der Waals surface area contributed by atoms with E-state index in [0.717, 1.165) is 4.88 Å². The van der Waals surface area contributed by atoms with Crippen LogP contribution in [0.5, 0.6) is 0 Å². The molecule has 0 amide bonds. The Morgan fingerprint density at radius 1 is 1.54 bits per heavy atom. The Hall–Kier alpha value is -0.390. The lowest BCUT2D eigenvalue weighted by Crippen LogP contribution is -2.26. The van der Waals surface area contributed by atoms with Crippen molar-refractivity contribution in [3.63, 3.8) is 0 Å². The second-order valence-electron chi connectivity index (χ2n) is 2.81. The number of thiophene rings is 1. The van der Waals surface area contributed by atoms with Crippen LogP contribution in [0.2, 0.25) is 0 Å². The van der Waals surface area contributed by atoms with Gasteiger partial charge in [0.05, 0.1) is 4.90 Å². The maximum absolute atomic E-state index is 11.7. The van der Waals surface area contributed by atoms with Crippen molar-refractivity contribution in [2.45, 2.75) is 18.7 Å². The average molecular weight is 219 g/mol. The third-order valence-corrected chi connectivity index (χ3v) is 4.78. The fourth-order valence-corrected chi connectivity index (χ4v) is 3.20. The van der Waals surface area contributed by atoms with Crippen LogP contribution in [0.1, 0.15) is 11.8 Å². The molecule has 13 heavy (non-hydrogen) atoms. The molecule has 1 aromatic heterocycles. The van der Waals surface area contributed by atoms with Crippen LogP contribution in [0.25, 0.3) is 0 Å².